The fourth-order valence-electron chi connectivity index (χ4n) is 1.53. The summed E-state index contributed by atoms with van der Waals surface area (Å²) in [4.78, 5) is 0. The molecule has 0 aromatic heterocycles. The van der Waals surface area contributed by atoms with Crippen molar-refractivity contribution in [3.8, 4) is 0 Å². The molecular weight excluding hydrogens is 96.1 g/mol. The van der Waals surface area contributed by atoms with Gasteiger partial charge in [-0.1, -0.05) is 39.0 Å². The molecular formula is C8H15. The monoisotopic (exact) mass is 111 g/mol. The van der Waals surface area contributed by atoms with Crippen LogP contribution in [0, 0.1) is 12.3 Å². The van der Waals surface area contributed by atoms with E-state index in [9.17, 15) is 0 Å². The van der Waals surface area contributed by atoms with Crippen molar-refractivity contribution in [1.29, 1.82) is 0 Å². The van der Waals surface area contributed by atoms with Crippen molar-refractivity contribution in [3.63, 3.8) is 0 Å². The third-order valence-electron chi connectivity index (χ3n) is 1.97. The Hall–Kier alpha value is 0. The average molecular weight is 111 g/mol. The third-order valence-corrected chi connectivity index (χ3v) is 1.97. The molecule has 0 N–H and O–H groups in total. The average Bonchev–Trinajstić information content (AvgIpc) is 2.19. The first-order chi connectivity index (χ1) is 3.93. The number of rotatable bonds is 2. The second-order valence-electron chi connectivity index (χ2n) is 2.69. The summed E-state index contributed by atoms with van der Waals surface area (Å²) in [6.45, 7) is 2.23. The lowest BCUT2D eigenvalue weighted by Crippen LogP contribution is -1.90. The fourth-order valence-corrected chi connectivity index (χ4v) is 1.53. The Labute approximate surface area is 52.3 Å². The fraction of sp³-hybridized carbons (Fsp3) is 0.875. The predicted octanol–water partition coefficient (Wildman–Crippen LogP) is 2.79. The number of hydrogen-bond donors (Lipinski definition) is 0. The topological polar surface area (TPSA) is 0 Å². The van der Waals surface area contributed by atoms with Gasteiger partial charge in [0.1, 0.15) is 0 Å². The molecule has 0 heterocycles. The third kappa shape index (κ3) is 1.50. The largest absolute Gasteiger partial charge is 0.0651 e. The lowest BCUT2D eigenvalue weighted by molar-refractivity contribution is 0.613. The molecule has 1 aliphatic rings. The first-order valence-electron chi connectivity index (χ1n) is 3.77. The molecule has 47 valence electrons. The van der Waals surface area contributed by atoms with Crippen LogP contribution in [0.25, 0.3) is 0 Å². The van der Waals surface area contributed by atoms with E-state index in [2.05, 4.69) is 13.3 Å². The van der Waals surface area contributed by atoms with E-state index < -0.39 is 0 Å². The maximum absolute atomic E-state index is 2.47. The zero-order chi connectivity index (χ0) is 5.82. The van der Waals surface area contributed by atoms with Gasteiger partial charge in [0.2, 0.25) is 0 Å². The van der Waals surface area contributed by atoms with Crippen molar-refractivity contribution < 1.29 is 0 Å². The van der Waals surface area contributed by atoms with Gasteiger partial charge in [-0.2, -0.15) is 0 Å². The summed E-state index contributed by atoms with van der Waals surface area (Å²) in [6, 6.07) is 0. The summed E-state index contributed by atoms with van der Waals surface area (Å²) in [5, 5.41) is 0. The van der Waals surface area contributed by atoms with Crippen LogP contribution in [-0.4, -0.2) is 0 Å². The molecule has 0 spiro atoms. The highest BCUT2D eigenvalue weighted by Gasteiger charge is 2.12. The van der Waals surface area contributed by atoms with Gasteiger partial charge in [0, 0.05) is 0 Å². The van der Waals surface area contributed by atoms with Gasteiger partial charge in [0.05, 0.1) is 0 Å². The van der Waals surface area contributed by atoms with E-state index in [1.54, 1.807) is 0 Å². The lowest BCUT2D eigenvalue weighted by atomic mass is 10.0. The Kier molecular flexibility index (Phi) is 2.38. The van der Waals surface area contributed by atoms with Gasteiger partial charge < -0.3 is 0 Å². The summed E-state index contributed by atoms with van der Waals surface area (Å²) in [7, 11) is 0. The van der Waals surface area contributed by atoms with Crippen molar-refractivity contribution in [3.05, 3.63) is 6.42 Å². The summed E-state index contributed by atoms with van der Waals surface area (Å²) in [5.74, 6) is 0.986. The Morgan fingerprint density at radius 1 is 1.38 bits per heavy atom. The smallest absolute Gasteiger partial charge is 0.0357 e. The van der Waals surface area contributed by atoms with E-state index >= 15 is 0 Å². The van der Waals surface area contributed by atoms with Gasteiger partial charge in [0.25, 0.3) is 0 Å². The Morgan fingerprint density at radius 2 is 2.00 bits per heavy atom. The van der Waals surface area contributed by atoms with Gasteiger partial charge in [-0.05, 0) is 12.3 Å². The second kappa shape index (κ2) is 3.11. The zero-order valence-electron chi connectivity index (χ0n) is 5.69. The van der Waals surface area contributed by atoms with E-state index in [0.717, 1.165) is 5.92 Å². The first-order valence-corrected chi connectivity index (χ1v) is 3.77. The lowest BCUT2D eigenvalue weighted by Gasteiger charge is -2.02. The summed E-state index contributed by atoms with van der Waals surface area (Å²) in [5.41, 5.74) is 0. The van der Waals surface area contributed by atoms with E-state index in [1.807, 2.05) is 0 Å². The van der Waals surface area contributed by atoms with E-state index in [1.165, 1.54) is 32.1 Å². The minimum atomic E-state index is 0.986. The SMILES string of the molecule is CC[CH]C1CCCC1. The van der Waals surface area contributed by atoms with Crippen LogP contribution in [0.15, 0.2) is 0 Å². The van der Waals surface area contributed by atoms with Crippen LogP contribution in [0.5, 0.6) is 0 Å². The van der Waals surface area contributed by atoms with Gasteiger partial charge in [-0.25, -0.2) is 0 Å². The van der Waals surface area contributed by atoms with Crippen LogP contribution in [0.2, 0.25) is 0 Å². The molecule has 0 bridgehead atoms. The number of hydrogen-bond acceptors (Lipinski definition) is 0. The standard InChI is InChI=1S/C8H15/c1-2-5-8-6-3-4-7-8/h5,8H,2-4,6-7H2,1H3. The first kappa shape index (κ1) is 6.12. The predicted molar refractivity (Wildman–Crippen MR) is 36.5 cm³/mol. The molecule has 1 radical (unpaired) electrons. The molecule has 1 saturated carbocycles. The summed E-state index contributed by atoms with van der Waals surface area (Å²) in [6.07, 6.45) is 9.61. The molecule has 8 heavy (non-hydrogen) atoms. The molecule has 0 aromatic carbocycles. The molecule has 0 aromatic rings. The molecule has 1 aliphatic carbocycles. The van der Waals surface area contributed by atoms with Crippen LogP contribution >= 0.6 is 0 Å². The van der Waals surface area contributed by atoms with Crippen LogP contribution in [0.4, 0.5) is 0 Å². The van der Waals surface area contributed by atoms with E-state index in [-0.39, 0.29) is 0 Å². The molecule has 0 aliphatic heterocycles. The molecule has 0 saturated heterocycles. The normalized spacial score (nSPS) is 22.1. The molecule has 1 rings (SSSR count). The molecule has 0 atom stereocenters. The summed E-state index contributed by atoms with van der Waals surface area (Å²) < 4.78 is 0. The second-order valence-corrected chi connectivity index (χ2v) is 2.69. The zero-order valence-corrected chi connectivity index (χ0v) is 5.69. The van der Waals surface area contributed by atoms with Gasteiger partial charge >= 0.3 is 0 Å². The highest BCUT2D eigenvalue weighted by atomic mass is 14.2. The van der Waals surface area contributed by atoms with Crippen LogP contribution in [0.3, 0.4) is 0 Å². The van der Waals surface area contributed by atoms with Crippen molar-refractivity contribution in [2.75, 3.05) is 0 Å². The molecule has 0 nitrogen and oxygen atoms in total. The van der Waals surface area contributed by atoms with Crippen molar-refractivity contribution in [1.82, 2.24) is 0 Å². The summed E-state index contributed by atoms with van der Waals surface area (Å²) >= 11 is 0. The van der Waals surface area contributed by atoms with Gasteiger partial charge in [0.15, 0.2) is 0 Å². The van der Waals surface area contributed by atoms with Crippen molar-refractivity contribution >= 4 is 0 Å². The van der Waals surface area contributed by atoms with Crippen molar-refractivity contribution in [2.24, 2.45) is 5.92 Å². The minimum absolute atomic E-state index is 0.986. The Bertz CT molecular complexity index is 51.1. The van der Waals surface area contributed by atoms with Crippen LogP contribution < -0.4 is 0 Å². The van der Waals surface area contributed by atoms with E-state index in [0.29, 0.717) is 0 Å². The molecule has 0 unspecified atom stereocenters. The van der Waals surface area contributed by atoms with E-state index in [4.69, 9.17) is 0 Å². The van der Waals surface area contributed by atoms with Crippen LogP contribution in [0.1, 0.15) is 39.0 Å². The molecule has 0 amide bonds. The Morgan fingerprint density at radius 3 is 2.50 bits per heavy atom. The highest BCUT2D eigenvalue weighted by molar-refractivity contribution is 4.78. The molecule has 1 fully saturated rings. The highest BCUT2D eigenvalue weighted by Crippen LogP contribution is 2.27. The minimum Gasteiger partial charge on any atom is -0.0651 e. The maximum atomic E-state index is 2.47. The maximum Gasteiger partial charge on any atom is -0.0357 e. The van der Waals surface area contributed by atoms with Crippen molar-refractivity contribution in [2.45, 2.75) is 39.0 Å². The van der Waals surface area contributed by atoms with Gasteiger partial charge in [-0.15, -0.1) is 0 Å². The van der Waals surface area contributed by atoms with Crippen LogP contribution in [-0.2, 0) is 0 Å². The quantitative estimate of drug-likeness (QED) is 0.514. The molecule has 0 heteroatoms. The van der Waals surface area contributed by atoms with Gasteiger partial charge in [-0.3, -0.25) is 0 Å². The Balaban J connectivity index is 2.06.